The van der Waals surface area contributed by atoms with Gasteiger partial charge >= 0.3 is 0 Å². The molecule has 39 heavy (non-hydrogen) atoms. The third-order valence-electron chi connectivity index (χ3n) is 7.12. The molecule has 1 saturated heterocycles. The molecule has 1 amide bonds. The smallest absolute Gasteiger partial charge is 0.224 e. The second-order valence-corrected chi connectivity index (χ2v) is 10.9. The molecule has 9 heteroatoms. The van der Waals surface area contributed by atoms with Crippen LogP contribution in [0, 0.1) is 20.8 Å². The largest absolute Gasteiger partial charge is 0.351 e. The van der Waals surface area contributed by atoms with Crippen LogP contribution in [0.15, 0.2) is 66.9 Å². The zero-order chi connectivity index (χ0) is 27.8. The molecule has 2 N–H and O–H groups in total. The number of carbonyl (C=O) groups is 1. The van der Waals surface area contributed by atoms with Crippen molar-refractivity contribution < 1.29 is 4.79 Å². The number of aromatic nitrogens is 2. The molecule has 1 fully saturated rings. The van der Waals surface area contributed by atoms with Gasteiger partial charge in [0.15, 0.2) is 5.11 Å². The fraction of sp³-hybridized carbons (Fsp3) is 0.233. The summed E-state index contributed by atoms with van der Waals surface area (Å²) in [6.07, 6.45) is 2.22. The number of aryl methyl sites for hydroxylation is 2. The minimum absolute atomic E-state index is 0.0226. The van der Waals surface area contributed by atoms with E-state index in [2.05, 4.69) is 51.1 Å². The van der Waals surface area contributed by atoms with Crippen molar-refractivity contribution in [1.29, 1.82) is 0 Å². The van der Waals surface area contributed by atoms with Gasteiger partial charge in [-0.3, -0.25) is 9.78 Å². The van der Waals surface area contributed by atoms with E-state index in [-0.39, 0.29) is 18.0 Å². The Morgan fingerprint density at radius 2 is 1.87 bits per heavy atom. The lowest BCUT2D eigenvalue weighted by atomic mass is 9.96. The summed E-state index contributed by atoms with van der Waals surface area (Å²) in [5, 5.41) is 8.28. The van der Waals surface area contributed by atoms with Gasteiger partial charge in [-0.15, -0.1) is 0 Å². The van der Waals surface area contributed by atoms with Crippen LogP contribution in [0.4, 0.5) is 11.4 Å². The number of hydrogen-bond acceptors (Lipinski definition) is 3. The maximum atomic E-state index is 12.0. The quantitative estimate of drug-likeness (QED) is 0.231. The van der Waals surface area contributed by atoms with Crippen LogP contribution in [0.25, 0.3) is 5.69 Å². The molecule has 2 aromatic heterocycles. The van der Waals surface area contributed by atoms with Gasteiger partial charge in [0.25, 0.3) is 0 Å². The first kappa shape index (κ1) is 27.2. The van der Waals surface area contributed by atoms with E-state index < -0.39 is 0 Å². The van der Waals surface area contributed by atoms with Crippen molar-refractivity contribution >= 4 is 57.8 Å². The zero-order valence-electron chi connectivity index (χ0n) is 22.1. The number of nitrogens with one attached hydrogen (secondary N) is 2. The van der Waals surface area contributed by atoms with E-state index in [1.165, 1.54) is 0 Å². The number of hydrogen-bond donors (Lipinski definition) is 2. The lowest BCUT2D eigenvalue weighted by Gasteiger charge is -2.29. The lowest BCUT2D eigenvalue weighted by Crippen LogP contribution is -2.29. The van der Waals surface area contributed by atoms with Gasteiger partial charge in [0.2, 0.25) is 5.91 Å². The highest BCUT2D eigenvalue weighted by atomic mass is 35.5. The molecule has 2 aromatic carbocycles. The van der Waals surface area contributed by atoms with E-state index in [1.54, 1.807) is 12.3 Å². The Morgan fingerprint density at radius 3 is 2.54 bits per heavy atom. The van der Waals surface area contributed by atoms with Crippen molar-refractivity contribution in [2.45, 2.75) is 46.2 Å². The number of carbonyl (C=O) groups excluding carboxylic acids is 1. The highest BCUT2D eigenvalue weighted by molar-refractivity contribution is 7.80. The fourth-order valence-electron chi connectivity index (χ4n) is 5.25. The van der Waals surface area contributed by atoms with Gasteiger partial charge in [0.1, 0.15) is 0 Å². The fourth-order valence-corrected chi connectivity index (χ4v) is 6.08. The Morgan fingerprint density at radius 1 is 1.08 bits per heavy atom. The average Bonchev–Trinajstić information content (AvgIpc) is 3.41. The second-order valence-electron chi connectivity index (χ2n) is 9.66. The van der Waals surface area contributed by atoms with Gasteiger partial charge in [-0.25, -0.2) is 0 Å². The van der Waals surface area contributed by atoms with E-state index in [0.717, 1.165) is 45.3 Å². The minimum Gasteiger partial charge on any atom is -0.351 e. The SMILES string of the molecule is CCC(=O)Nc1ccc(N2C(=S)N[C@H](c3ccccn3)[C@H]2c2cc(C)n(-c3ccc(Cl)cc3Cl)c2C)cc1C. The van der Waals surface area contributed by atoms with E-state index in [9.17, 15) is 4.79 Å². The van der Waals surface area contributed by atoms with E-state index in [4.69, 9.17) is 35.4 Å². The third kappa shape index (κ3) is 5.14. The third-order valence-corrected chi connectivity index (χ3v) is 7.97. The summed E-state index contributed by atoms with van der Waals surface area (Å²) >= 11 is 18.8. The van der Waals surface area contributed by atoms with Crippen molar-refractivity contribution in [2.24, 2.45) is 0 Å². The maximum absolute atomic E-state index is 12.0. The number of amides is 1. The summed E-state index contributed by atoms with van der Waals surface area (Å²) in [7, 11) is 0. The molecule has 4 aromatic rings. The lowest BCUT2D eigenvalue weighted by molar-refractivity contribution is -0.115. The van der Waals surface area contributed by atoms with Crippen LogP contribution in [0.3, 0.4) is 0 Å². The molecular weight excluding hydrogens is 549 g/mol. The summed E-state index contributed by atoms with van der Waals surface area (Å²) in [5.41, 5.74) is 7.61. The van der Waals surface area contributed by atoms with Crippen LogP contribution in [-0.2, 0) is 4.79 Å². The summed E-state index contributed by atoms with van der Waals surface area (Å²) in [6.45, 7) is 7.99. The Hall–Kier alpha value is -3.39. The molecule has 2 atom stereocenters. The van der Waals surface area contributed by atoms with Crippen LogP contribution >= 0.6 is 35.4 Å². The van der Waals surface area contributed by atoms with Gasteiger partial charge < -0.3 is 20.1 Å². The normalized spacial score (nSPS) is 16.9. The van der Waals surface area contributed by atoms with Gasteiger partial charge in [-0.2, -0.15) is 0 Å². The maximum Gasteiger partial charge on any atom is 0.224 e. The molecule has 1 aliphatic rings. The van der Waals surface area contributed by atoms with E-state index in [1.807, 2.05) is 56.3 Å². The Balaban J connectivity index is 1.64. The highest BCUT2D eigenvalue weighted by Gasteiger charge is 2.42. The summed E-state index contributed by atoms with van der Waals surface area (Å²) < 4.78 is 2.15. The monoisotopic (exact) mass is 577 g/mol. The van der Waals surface area contributed by atoms with Crippen molar-refractivity contribution in [1.82, 2.24) is 14.9 Å². The summed E-state index contributed by atoms with van der Waals surface area (Å²) in [5.74, 6) is -0.0226. The van der Waals surface area contributed by atoms with Crippen molar-refractivity contribution in [3.05, 3.63) is 105 Å². The van der Waals surface area contributed by atoms with Crippen molar-refractivity contribution in [3.63, 3.8) is 0 Å². The molecule has 200 valence electrons. The molecule has 0 bridgehead atoms. The average molecular weight is 579 g/mol. The first-order chi connectivity index (χ1) is 18.7. The number of halogens is 2. The molecule has 1 aliphatic heterocycles. The number of benzene rings is 2. The van der Waals surface area contributed by atoms with Gasteiger partial charge in [0, 0.05) is 40.4 Å². The zero-order valence-corrected chi connectivity index (χ0v) is 24.5. The highest BCUT2D eigenvalue weighted by Crippen LogP contribution is 2.44. The molecular formula is C30H29Cl2N5OS. The Labute approximate surface area is 244 Å². The van der Waals surface area contributed by atoms with Crippen LogP contribution in [0.1, 0.15) is 53.6 Å². The standard InChI is InChI=1S/C30H29Cl2N5OS/c1-5-27(38)34-24-11-10-21(14-17(24)2)37-29(28(35-30(37)39)25-8-6-7-13-33-25)22-15-18(3)36(19(22)4)26-12-9-20(31)16-23(26)32/h6-16,28-29H,5H2,1-4H3,(H,34,38)(H,35,39)/t28-,29-/m1/s1. The Kier molecular flexibility index (Phi) is 7.67. The number of anilines is 2. The molecule has 0 saturated carbocycles. The number of nitrogens with zero attached hydrogens (tertiary/aromatic N) is 3. The first-order valence-electron chi connectivity index (χ1n) is 12.7. The van der Waals surface area contributed by atoms with Crippen LogP contribution in [0.2, 0.25) is 10.0 Å². The van der Waals surface area contributed by atoms with Crippen LogP contribution in [-0.4, -0.2) is 20.6 Å². The first-order valence-corrected chi connectivity index (χ1v) is 13.9. The van der Waals surface area contributed by atoms with Gasteiger partial charge in [-0.1, -0.05) is 36.2 Å². The summed E-state index contributed by atoms with van der Waals surface area (Å²) in [4.78, 5) is 18.8. The molecule has 0 unspecified atom stereocenters. The topological polar surface area (TPSA) is 62.2 Å². The number of rotatable bonds is 6. The van der Waals surface area contributed by atoms with Crippen molar-refractivity contribution in [3.8, 4) is 5.69 Å². The van der Waals surface area contributed by atoms with E-state index in [0.29, 0.717) is 21.6 Å². The molecule has 0 radical (unpaired) electrons. The second kappa shape index (κ2) is 11.0. The van der Waals surface area contributed by atoms with Gasteiger partial charge in [0.05, 0.1) is 28.5 Å². The predicted octanol–water partition coefficient (Wildman–Crippen LogP) is 7.63. The molecule has 0 aliphatic carbocycles. The molecule has 3 heterocycles. The molecule has 5 rings (SSSR count). The van der Waals surface area contributed by atoms with Crippen LogP contribution in [0.5, 0.6) is 0 Å². The van der Waals surface area contributed by atoms with E-state index >= 15 is 0 Å². The molecule has 6 nitrogen and oxygen atoms in total. The minimum atomic E-state index is -0.187. The van der Waals surface area contributed by atoms with Crippen LogP contribution < -0.4 is 15.5 Å². The number of pyridine rings is 1. The van der Waals surface area contributed by atoms with Crippen molar-refractivity contribution in [2.75, 3.05) is 10.2 Å². The van der Waals surface area contributed by atoms with Gasteiger partial charge in [-0.05, 0) is 98.7 Å². The number of thiocarbonyl (C=S) groups is 1. The summed E-state index contributed by atoms with van der Waals surface area (Å²) in [6, 6.07) is 19.2. The predicted molar refractivity (Wildman–Crippen MR) is 163 cm³/mol. The molecule has 0 spiro atoms. The Bertz CT molecular complexity index is 1570.